The van der Waals surface area contributed by atoms with Crippen LogP contribution in [0.15, 0.2) is 17.1 Å². The summed E-state index contributed by atoms with van der Waals surface area (Å²) in [5.74, 6) is -0.309. The molecule has 0 spiro atoms. The van der Waals surface area contributed by atoms with Gasteiger partial charge in [0.1, 0.15) is 11.5 Å². The molecule has 1 aliphatic heterocycles. The third-order valence-corrected chi connectivity index (χ3v) is 4.40. The van der Waals surface area contributed by atoms with Crippen molar-refractivity contribution >= 4 is 22.6 Å². The maximum atomic E-state index is 13.8. The van der Waals surface area contributed by atoms with Crippen LogP contribution in [0.2, 0.25) is 0 Å². The zero-order valence-electron chi connectivity index (χ0n) is 10.7. The largest absolute Gasteiger partial charge is 0.330 e. The third kappa shape index (κ3) is 2.51. The summed E-state index contributed by atoms with van der Waals surface area (Å²) < 4.78 is 27.4. The Morgan fingerprint density at radius 3 is 2.78 bits per heavy atom. The molecule has 1 unspecified atom stereocenters. The van der Waals surface area contributed by atoms with E-state index >= 15 is 0 Å². The number of nitrogens with zero attached hydrogens (tertiary/aromatic N) is 1. The molecule has 2 rings (SSSR count). The quantitative estimate of drug-likeness (QED) is 0.879. The highest BCUT2D eigenvalue weighted by molar-refractivity contribution is 8.14. The smallest absolute Gasteiger partial charge is 0.161 e. The minimum atomic E-state index is -0.591. The molecule has 18 heavy (non-hydrogen) atoms. The van der Waals surface area contributed by atoms with E-state index in [4.69, 9.17) is 0 Å². The van der Waals surface area contributed by atoms with Crippen molar-refractivity contribution in [3.05, 3.63) is 29.3 Å². The van der Waals surface area contributed by atoms with Crippen molar-refractivity contribution < 1.29 is 8.78 Å². The number of anilines is 1. The van der Waals surface area contributed by atoms with E-state index in [1.807, 2.05) is 6.92 Å². The van der Waals surface area contributed by atoms with Crippen LogP contribution in [0.25, 0.3) is 0 Å². The van der Waals surface area contributed by atoms with Crippen molar-refractivity contribution in [1.82, 2.24) is 0 Å². The van der Waals surface area contributed by atoms with Crippen molar-refractivity contribution in [3.63, 3.8) is 0 Å². The van der Waals surface area contributed by atoms with Crippen LogP contribution in [0.4, 0.5) is 14.5 Å². The van der Waals surface area contributed by atoms with Crippen LogP contribution in [0.1, 0.15) is 25.8 Å². The number of aryl methyl sites for hydroxylation is 1. The van der Waals surface area contributed by atoms with Gasteiger partial charge in [-0.1, -0.05) is 24.8 Å². The molecule has 0 saturated carbocycles. The van der Waals surface area contributed by atoms with E-state index in [0.717, 1.165) is 12.2 Å². The molecule has 0 saturated heterocycles. The number of nitrogens with one attached hydrogen (secondary N) is 1. The van der Waals surface area contributed by atoms with Crippen molar-refractivity contribution in [2.75, 3.05) is 11.1 Å². The number of hydrogen-bond donors (Lipinski definition) is 1. The first kappa shape index (κ1) is 13.3. The fourth-order valence-electron chi connectivity index (χ4n) is 1.66. The highest BCUT2D eigenvalue weighted by Crippen LogP contribution is 2.32. The van der Waals surface area contributed by atoms with E-state index in [-0.39, 0.29) is 11.2 Å². The lowest BCUT2D eigenvalue weighted by Gasteiger charge is -2.15. The molecule has 0 aromatic heterocycles. The van der Waals surface area contributed by atoms with Gasteiger partial charge in [-0.15, -0.1) is 0 Å². The minimum Gasteiger partial charge on any atom is -0.330 e. The number of halogens is 2. The molecule has 0 amide bonds. The van der Waals surface area contributed by atoms with Gasteiger partial charge >= 0.3 is 0 Å². The molecule has 1 heterocycles. The summed E-state index contributed by atoms with van der Waals surface area (Å²) in [7, 11) is 0. The van der Waals surface area contributed by atoms with E-state index in [9.17, 15) is 8.78 Å². The molecule has 5 heteroatoms. The van der Waals surface area contributed by atoms with Crippen LogP contribution in [0.3, 0.4) is 0 Å². The van der Waals surface area contributed by atoms with Gasteiger partial charge in [-0.2, -0.15) is 0 Å². The van der Waals surface area contributed by atoms with Gasteiger partial charge in [-0.3, -0.25) is 4.99 Å². The Morgan fingerprint density at radius 2 is 2.17 bits per heavy atom. The SMILES string of the molecule is CCC1(C)CSC(Nc2c(F)ccc(C)c2F)=N1. The van der Waals surface area contributed by atoms with E-state index in [2.05, 4.69) is 17.2 Å². The molecule has 0 radical (unpaired) electrons. The van der Waals surface area contributed by atoms with Gasteiger partial charge in [0.05, 0.1) is 5.54 Å². The van der Waals surface area contributed by atoms with Gasteiger partial charge < -0.3 is 5.32 Å². The van der Waals surface area contributed by atoms with Crippen molar-refractivity contribution in [2.24, 2.45) is 4.99 Å². The second-order valence-electron chi connectivity index (χ2n) is 4.73. The molecule has 0 bridgehead atoms. The molecule has 2 nitrogen and oxygen atoms in total. The van der Waals surface area contributed by atoms with Crippen molar-refractivity contribution in [3.8, 4) is 0 Å². The van der Waals surface area contributed by atoms with E-state index < -0.39 is 11.6 Å². The summed E-state index contributed by atoms with van der Waals surface area (Å²) in [5, 5.41) is 3.36. The normalized spacial score (nSPS) is 23.1. The van der Waals surface area contributed by atoms with Crippen molar-refractivity contribution in [2.45, 2.75) is 32.7 Å². The number of thioether (sulfide) groups is 1. The molecule has 1 aromatic rings. The third-order valence-electron chi connectivity index (χ3n) is 3.17. The Labute approximate surface area is 110 Å². The number of amidine groups is 1. The van der Waals surface area contributed by atoms with Crippen LogP contribution < -0.4 is 5.32 Å². The van der Waals surface area contributed by atoms with Crippen LogP contribution >= 0.6 is 11.8 Å². The summed E-state index contributed by atoms with van der Waals surface area (Å²) in [4.78, 5) is 4.48. The molecule has 98 valence electrons. The van der Waals surface area contributed by atoms with Crippen LogP contribution in [0.5, 0.6) is 0 Å². The van der Waals surface area contributed by atoms with Gasteiger partial charge in [0.25, 0.3) is 0 Å². The monoisotopic (exact) mass is 270 g/mol. The van der Waals surface area contributed by atoms with Crippen LogP contribution in [-0.4, -0.2) is 16.5 Å². The topological polar surface area (TPSA) is 24.4 Å². The molecule has 0 fully saturated rings. The zero-order chi connectivity index (χ0) is 13.3. The zero-order valence-corrected chi connectivity index (χ0v) is 11.5. The number of benzene rings is 1. The Kier molecular flexibility index (Phi) is 3.61. The summed E-state index contributed by atoms with van der Waals surface area (Å²) in [5.41, 5.74) is 0.173. The number of aliphatic imine (C=N–C) groups is 1. The fourth-order valence-corrected chi connectivity index (χ4v) is 2.83. The average Bonchev–Trinajstić information content (AvgIpc) is 2.72. The molecule has 1 N–H and O–H groups in total. The molecule has 0 aliphatic carbocycles. The predicted octanol–water partition coefficient (Wildman–Crippen LogP) is 3.96. The fraction of sp³-hybridized carbons (Fsp3) is 0.462. The number of rotatable bonds is 2. The highest BCUT2D eigenvalue weighted by Gasteiger charge is 2.29. The summed E-state index contributed by atoms with van der Waals surface area (Å²) in [6.45, 7) is 5.71. The van der Waals surface area contributed by atoms with Gasteiger partial charge in [-0.05, 0) is 31.9 Å². The first-order chi connectivity index (χ1) is 8.45. The van der Waals surface area contributed by atoms with Crippen LogP contribution in [-0.2, 0) is 0 Å². The van der Waals surface area contributed by atoms with E-state index in [1.165, 1.54) is 23.9 Å². The van der Waals surface area contributed by atoms with Gasteiger partial charge in [-0.25, -0.2) is 8.78 Å². The first-order valence-electron chi connectivity index (χ1n) is 5.89. The van der Waals surface area contributed by atoms with Gasteiger partial charge in [0.2, 0.25) is 0 Å². The summed E-state index contributed by atoms with van der Waals surface area (Å²) in [6.07, 6.45) is 0.907. The lowest BCUT2D eigenvalue weighted by molar-refractivity contribution is 0.522. The highest BCUT2D eigenvalue weighted by atomic mass is 32.2. The Hall–Kier alpha value is -1.10. The molecule has 1 aliphatic rings. The average molecular weight is 270 g/mol. The summed E-state index contributed by atoms with van der Waals surface area (Å²) >= 11 is 1.50. The standard InChI is InChI=1S/C13H16F2N2S/c1-4-13(3)7-18-12(17-13)16-11-9(14)6-5-8(2)10(11)15/h5-6H,4,7H2,1-3H3,(H,16,17). The second kappa shape index (κ2) is 4.88. The minimum absolute atomic E-state index is 0.110. The lowest BCUT2D eigenvalue weighted by atomic mass is 10.0. The van der Waals surface area contributed by atoms with Crippen LogP contribution in [0, 0.1) is 18.6 Å². The molecular formula is C13H16F2N2S. The maximum Gasteiger partial charge on any atom is 0.161 e. The number of hydrogen-bond acceptors (Lipinski definition) is 3. The van der Waals surface area contributed by atoms with Crippen molar-refractivity contribution in [1.29, 1.82) is 0 Å². The first-order valence-corrected chi connectivity index (χ1v) is 6.88. The van der Waals surface area contributed by atoms with E-state index in [0.29, 0.717) is 10.7 Å². The molecule has 1 atom stereocenters. The molecule has 1 aromatic carbocycles. The predicted molar refractivity (Wildman–Crippen MR) is 73.3 cm³/mol. The Bertz CT molecular complexity index is 502. The van der Waals surface area contributed by atoms with Gasteiger partial charge in [0.15, 0.2) is 11.0 Å². The van der Waals surface area contributed by atoms with Gasteiger partial charge in [0, 0.05) is 5.75 Å². The second-order valence-corrected chi connectivity index (χ2v) is 5.70. The maximum absolute atomic E-state index is 13.8. The Morgan fingerprint density at radius 1 is 1.44 bits per heavy atom. The molecular weight excluding hydrogens is 254 g/mol. The lowest BCUT2D eigenvalue weighted by Crippen LogP contribution is -2.20. The summed E-state index contributed by atoms with van der Waals surface area (Å²) in [6, 6.07) is 2.69. The Balaban J connectivity index is 2.26. The van der Waals surface area contributed by atoms with E-state index in [1.54, 1.807) is 6.92 Å².